The monoisotopic (exact) mass is 263 g/mol. The summed E-state index contributed by atoms with van der Waals surface area (Å²) in [5.74, 6) is 0.590. The van der Waals surface area contributed by atoms with E-state index < -0.39 is 0 Å². The zero-order chi connectivity index (χ0) is 13.4. The lowest BCUT2D eigenvalue weighted by Crippen LogP contribution is -2.00. The molecule has 1 rings (SSSR count). The molecule has 3 nitrogen and oxygen atoms in total. The number of hydrogen-bond donors (Lipinski definition) is 1. The Morgan fingerprint density at radius 2 is 2.33 bits per heavy atom. The SMILES string of the molecule is C/C=C\C(=C/CO)COc1ccc(C#N)c(Cl)c1. The highest BCUT2D eigenvalue weighted by atomic mass is 35.5. The van der Waals surface area contributed by atoms with E-state index in [-0.39, 0.29) is 6.61 Å². The van der Waals surface area contributed by atoms with Gasteiger partial charge in [-0.05, 0) is 24.6 Å². The van der Waals surface area contributed by atoms with E-state index in [9.17, 15) is 0 Å². The molecule has 0 aliphatic heterocycles. The highest BCUT2D eigenvalue weighted by Gasteiger charge is 2.02. The minimum Gasteiger partial charge on any atom is -0.489 e. The van der Waals surface area contributed by atoms with Gasteiger partial charge in [0.1, 0.15) is 18.4 Å². The number of halogens is 1. The second-order valence-corrected chi connectivity index (χ2v) is 3.91. The Labute approximate surface area is 112 Å². The fourth-order valence-electron chi connectivity index (χ4n) is 1.35. The normalized spacial score (nSPS) is 11.6. The maximum absolute atomic E-state index is 8.85. The van der Waals surface area contributed by atoms with Gasteiger partial charge >= 0.3 is 0 Å². The molecule has 18 heavy (non-hydrogen) atoms. The van der Waals surface area contributed by atoms with Crippen molar-refractivity contribution < 1.29 is 9.84 Å². The molecule has 0 heterocycles. The summed E-state index contributed by atoms with van der Waals surface area (Å²) in [5, 5.41) is 18.0. The van der Waals surface area contributed by atoms with E-state index in [0.29, 0.717) is 22.9 Å². The first-order valence-electron chi connectivity index (χ1n) is 5.46. The van der Waals surface area contributed by atoms with Crippen LogP contribution in [0, 0.1) is 11.3 Å². The van der Waals surface area contributed by atoms with Crippen LogP contribution in [0.15, 0.2) is 42.0 Å². The quantitative estimate of drug-likeness (QED) is 0.831. The van der Waals surface area contributed by atoms with Crippen molar-refractivity contribution in [1.29, 1.82) is 5.26 Å². The summed E-state index contributed by atoms with van der Waals surface area (Å²) in [7, 11) is 0. The maximum Gasteiger partial charge on any atom is 0.121 e. The molecule has 0 unspecified atom stereocenters. The van der Waals surface area contributed by atoms with Crippen LogP contribution in [0.4, 0.5) is 0 Å². The molecule has 0 radical (unpaired) electrons. The third-order valence-electron chi connectivity index (χ3n) is 2.20. The van der Waals surface area contributed by atoms with Gasteiger partial charge < -0.3 is 9.84 Å². The topological polar surface area (TPSA) is 53.2 Å². The van der Waals surface area contributed by atoms with E-state index in [1.54, 1.807) is 24.3 Å². The van der Waals surface area contributed by atoms with Gasteiger partial charge in [-0.25, -0.2) is 0 Å². The lowest BCUT2D eigenvalue weighted by atomic mass is 10.2. The summed E-state index contributed by atoms with van der Waals surface area (Å²) in [6.07, 6.45) is 5.41. The number of aliphatic hydroxyl groups excluding tert-OH is 1. The molecule has 94 valence electrons. The van der Waals surface area contributed by atoms with Gasteiger partial charge in [0.15, 0.2) is 0 Å². The Hall–Kier alpha value is -1.76. The van der Waals surface area contributed by atoms with Crippen LogP contribution in [0.3, 0.4) is 0 Å². The third-order valence-corrected chi connectivity index (χ3v) is 2.51. The van der Waals surface area contributed by atoms with Gasteiger partial charge in [-0.1, -0.05) is 29.8 Å². The maximum atomic E-state index is 8.85. The van der Waals surface area contributed by atoms with Gasteiger partial charge in [0.2, 0.25) is 0 Å². The average molecular weight is 264 g/mol. The molecule has 1 N–H and O–H groups in total. The Bertz CT molecular complexity index is 501. The van der Waals surface area contributed by atoms with Gasteiger partial charge in [-0.3, -0.25) is 0 Å². The molecule has 0 spiro atoms. The van der Waals surface area contributed by atoms with Crippen molar-refractivity contribution in [3.8, 4) is 11.8 Å². The van der Waals surface area contributed by atoms with Crippen molar-refractivity contribution in [2.45, 2.75) is 6.92 Å². The fourth-order valence-corrected chi connectivity index (χ4v) is 1.56. The molecule has 0 bridgehead atoms. The van der Waals surface area contributed by atoms with Gasteiger partial charge in [-0.15, -0.1) is 0 Å². The molecule has 1 aromatic rings. The minimum atomic E-state index is -0.0306. The number of nitrogens with zero attached hydrogens (tertiary/aromatic N) is 1. The second-order valence-electron chi connectivity index (χ2n) is 3.50. The molecule has 4 heteroatoms. The van der Waals surface area contributed by atoms with Gasteiger partial charge in [0, 0.05) is 6.07 Å². The Morgan fingerprint density at radius 1 is 1.56 bits per heavy atom. The molecule has 0 fully saturated rings. The molecule has 1 aromatic carbocycles. The number of allylic oxidation sites excluding steroid dienone is 1. The molecule has 0 saturated heterocycles. The Morgan fingerprint density at radius 3 is 2.89 bits per heavy atom. The van der Waals surface area contributed by atoms with Crippen molar-refractivity contribution in [3.05, 3.63) is 52.6 Å². The minimum absolute atomic E-state index is 0.0306. The summed E-state index contributed by atoms with van der Waals surface area (Å²) in [4.78, 5) is 0. The number of aliphatic hydroxyl groups is 1. The largest absolute Gasteiger partial charge is 0.489 e. The van der Waals surface area contributed by atoms with Gasteiger partial charge in [0.25, 0.3) is 0 Å². The molecule has 0 saturated carbocycles. The van der Waals surface area contributed by atoms with E-state index in [2.05, 4.69) is 0 Å². The van der Waals surface area contributed by atoms with Gasteiger partial charge in [0.05, 0.1) is 17.2 Å². The van der Waals surface area contributed by atoms with Crippen molar-refractivity contribution in [3.63, 3.8) is 0 Å². The first kappa shape index (κ1) is 14.3. The molecule has 0 aromatic heterocycles. The van der Waals surface area contributed by atoms with Crippen LogP contribution in [0.5, 0.6) is 5.75 Å². The van der Waals surface area contributed by atoms with E-state index in [4.69, 9.17) is 26.7 Å². The van der Waals surface area contributed by atoms with Crippen LogP contribution >= 0.6 is 11.6 Å². The van der Waals surface area contributed by atoms with Crippen molar-refractivity contribution in [1.82, 2.24) is 0 Å². The Balaban J connectivity index is 2.71. The fraction of sp³-hybridized carbons (Fsp3) is 0.214. The van der Waals surface area contributed by atoms with Crippen LogP contribution in [0.1, 0.15) is 12.5 Å². The molecular formula is C14H14ClNO2. The van der Waals surface area contributed by atoms with Crippen molar-refractivity contribution in [2.24, 2.45) is 0 Å². The molecule has 0 amide bonds. The number of nitriles is 1. The molecule has 0 aliphatic rings. The predicted octanol–water partition coefficient (Wildman–Crippen LogP) is 3.09. The van der Waals surface area contributed by atoms with Crippen molar-refractivity contribution >= 4 is 11.6 Å². The van der Waals surface area contributed by atoms with E-state index in [0.717, 1.165) is 5.57 Å². The summed E-state index contributed by atoms with van der Waals surface area (Å²) in [6.45, 7) is 2.20. The first-order chi connectivity index (χ1) is 8.71. The van der Waals surface area contributed by atoms with Crippen LogP contribution in [0.2, 0.25) is 5.02 Å². The molecular weight excluding hydrogens is 250 g/mol. The van der Waals surface area contributed by atoms with Crippen LogP contribution in [-0.4, -0.2) is 18.3 Å². The average Bonchev–Trinajstić information content (AvgIpc) is 2.36. The van der Waals surface area contributed by atoms with Crippen LogP contribution in [0.25, 0.3) is 0 Å². The van der Waals surface area contributed by atoms with E-state index in [1.807, 2.05) is 25.1 Å². The summed E-state index contributed by atoms with van der Waals surface area (Å²) in [5.41, 5.74) is 1.30. The smallest absolute Gasteiger partial charge is 0.121 e. The lowest BCUT2D eigenvalue weighted by Gasteiger charge is -2.07. The third kappa shape index (κ3) is 4.25. The second kappa shape index (κ2) is 7.54. The molecule has 0 aliphatic carbocycles. The van der Waals surface area contributed by atoms with Crippen LogP contribution < -0.4 is 4.74 Å². The zero-order valence-corrected chi connectivity index (χ0v) is 10.8. The standard InChI is InChI=1S/C14H14ClNO2/c1-2-3-11(6-7-17)10-18-13-5-4-12(9-16)14(15)8-13/h2-6,8,17H,7,10H2,1H3/b3-2-,11-6+. The number of benzene rings is 1. The summed E-state index contributed by atoms with van der Waals surface area (Å²) >= 11 is 5.90. The Kier molecular flexibility index (Phi) is 5.99. The zero-order valence-electron chi connectivity index (χ0n) is 10.1. The first-order valence-corrected chi connectivity index (χ1v) is 5.84. The van der Waals surface area contributed by atoms with E-state index in [1.165, 1.54) is 0 Å². The highest BCUT2D eigenvalue weighted by molar-refractivity contribution is 6.31. The van der Waals surface area contributed by atoms with Crippen LogP contribution in [-0.2, 0) is 0 Å². The summed E-state index contributed by atoms with van der Waals surface area (Å²) in [6, 6.07) is 6.89. The van der Waals surface area contributed by atoms with Crippen molar-refractivity contribution in [2.75, 3.05) is 13.2 Å². The van der Waals surface area contributed by atoms with E-state index >= 15 is 0 Å². The van der Waals surface area contributed by atoms with Gasteiger partial charge in [-0.2, -0.15) is 5.26 Å². The predicted molar refractivity (Wildman–Crippen MR) is 71.6 cm³/mol. The number of rotatable bonds is 5. The number of hydrogen-bond acceptors (Lipinski definition) is 3. The number of ether oxygens (including phenoxy) is 1. The highest BCUT2D eigenvalue weighted by Crippen LogP contribution is 2.22. The molecule has 0 atom stereocenters. The lowest BCUT2D eigenvalue weighted by molar-refractivity contribution is 0.332. The summed E-state index contributed by atoms with van der Waals surface area (Å²) < 4.78 is 5.53.